The molecule has 1 aliphatic rings. The van der Waals surface area contributed by atoms with Crippen LogP contribution in [0.5, 0.6) is 0 Å². The van der Waals surface area contributed by atoms with Crippen LogP contribution in [0.2, 0.25) is 5.02 Å². The topological polar surface area (TPSA) is 56.2 Å². The number of rotatable bonds is 9. The molecule has 0 aliphatic carbocycles. The van der Waals surface area contributed by atoms with Gasteiger partial charge in [-0.05, 0) is 32.6 Å². The summed E-state index contributed by atoms with van der Waals surface area (Å²) in [6.45, 7) is 1.74. The van der Waals surface area contributed by atoms with E-state index in [0.717, 1.165) is 23.0 Å². The van der Waals surface area contributed by atoms with E-state index in [-0.39, 0.29) is 12.0 Å². The highest BCUT2D eigenvalue weighted by molar-refractivity contribution is 9.10. The van der Waals surface area contributed by atoms with Crippen molar-refractivity contribution in [1.29, 1.82) is 0 Å². The van der Waals surface area contributed by atoms with E-state index < -0.39 is 5.54 Å². The predicted octanol–water partition coefficient (Wildman–Crippen LogP) is 5.71. The molecule has 1 unspecified atom stereocenters. The van der Waals surface area contributed by atoms with Crippen LogP contribution in [-0.4, -0.2) is 35.3 Å². The molecular weight excluding hydrogens is 526 g/mol. The van der Waals surface area contributed by atoms with Gasteiger partial charge in [-0.3, -0.25) is 14.8 Å². The predicted molar refractivity (Wildman–Crippen MR) is 141 cm³/mol. The van der Waals surface area contributed by atoms with Gasteiger partial charge in [-0.15, -0.1) is 0 Å². The minimum atomic E-state index is -0.639. The molecular formula is C28H25BrClN3O2. The highest BCUT2D eigenvalue weighted by atomic mass is 79.9. The van der Waals surface area contributed by atoms with E-state index in [1.807, 2.05) is 18.2 Å². The first-order valence-corrected chi connectivity index (χ1v) is 12.7. The molecule has 35 heavy (non-hydrogen) atoms. The van der Waals surface area contributed by atoms with Gasteiger partial charge in [0.05, 0.1) is 25.3 Å². The Kier molecular flexibility index (Phi) is 7.16. The molecule has 0 bridgehead atoms. The Bertz CT molecular complexity index is 1180. The summed E-state index contributed by atoms with van der Waals surface area (Å²) in [5.41, 5.74) is 3.09. The zero-order valence-corrected chi connectivity index (χ0v) is 21.3. The van der Waals surface area contributed by atoms with Crippen molar-refractivity contribution in [2.24, 2.45) is 5.92 Å². The van der Waals surface area contributed by atoms with Gasteiger partial charge in [-0.2, -0.15) is 5.10 Å². The number of hydrogen-bond donors (Lipinski definition) is 1. The average Bonchev–Trinajstić information content (AvgIpc) is 3.14. The number of nitrogens with zero attached hydrogens (tertiary/aromatic N) is 2. The number of halogens is 2. The van der Waals surface area contributed by atoms with Crippen molar-refractivity contribution in [3.05, 3.63) is 123 Å². The second-order valence-corrected chi connectivity index (χ2v) is 9.82. The van der Waals surface area contributed by atoms with Crippen molar-refractivity contribution in [3.8, 4) is 0 Å². The molecule has 7 heteroatoms. The smallest absolute Gasteiger partial charge is 0.169 e. The van der Waals surface area contributed by atoms with Gasteiger partial charge in [-0.25, -0.2) is 0 Å². The van der Waals surface area contributed by atoms with E-state index >= 15 is 0 Å². The molecule has 1 N–H and O–H groups in total. The summed E-state index contributed by atoms with van der Waals surface area (Å²) in [5, 5.41) is 8.85. The third-order valence-electron chi connectivity index (χ3n) is 6.63. The van der Waals surface area contributed by atoms with Crippen LogP contribution in [0.3, 0.4) is 0 Å². The van der Waals surface area contributed by atoms with Gasteiger partial charge in [0.15, 0.2) is 6.29 Å². The Labute approximate surface area is 218 Å². The fraction of sp³-hybridized carbons (Fsp3) is 0.214. The number of hydrogen-bond acceptors (Lipinski definition) is 4. The van der Waals surface area contributed by atoms with Crippen LogP contribution in [0, 0.1) is 5.92 Å². The molecule has 3 aromatic carbocycles. The van der Waals surface area contributed by atoms with Crippen LogP contribution in [0.1, 0.15) is 27.2 Å². The van der Waals surface area contributed by atoms with Gasteiger partial charge in [0.25, 0.3) is 0 Å². The molecule has 1 aliphatic heterocycles. The molecule has 5 rings (SSSR count). The summed E-state index contributed by atoms with van der Waals surface area (Å²) in [6.07, 6.45) is 0.757. The van der Waals surface area contributed by atoms with Gasteiger partial charge in [-0.1, -0.05) is 103 Å². The summed E-state index contributed by atoms with van der Waals surface area (Å²) < 4.78 is 7.74. The number of carbonyl (C=O) groups excluding carboxylic acids is 1. The maximum Gasteiger partial charge on any atom is 0.169 e. The van der Waals surface area contributed by atoms with E-state index in [0.29, 0.717) is 35.1 Å². The Hall–Kier alpha value is -2.77. The maximum absolute atomic E-state index is 11.8. The van der Waals surface area contributed by atoms with Crippen molar-refractivity contribution in [3.63, 3.8) is 0 Å². The summed E-state index contributed by atoms with van der Waals surface area (Å²) in [6, 6.07) is 31.3. The molecule has 1 atom stereocenters. The molecule has 1 aromatic heterocycles. The summed E-state index contributed by atoms with van der Waals surface area (Å²) >= 11 is 9.71. The highest BCUT2D eigenvalue weighted by Crippen LogP contribution is 2.38. The number of aromatic nitrogens is 2. The molecule has 2 heterocycles. The van der Waals surface area contributed by atoms with E-state index in [2.05, 4.69) is 99.1 Å². The van der Waals surface area contributed by atoms with Gasteiger partial charge < -0.3 is 4.74 Å². The molecule has 0 saturated carbocycles. The largest absolute Gasteiger partial charge is 0.381 e. The fourth-order valence-electron chi connectivity index (χ4n) is 4.75. The molecule has 5 nitrogen and oxygen atoms in total. The first-order chi connectivity index (χ1) is 17.1. The lowest BCUT2D eigenvalue weighted by Gasteiger charge is -2.44. The quantitative estimate of drug-likeness (QED) is 0.214. The van der Waals surface area contributed by atoms with Crippen molar-refractivity contribution >= 4 is 33.8 Å². The minimum absolute atomic E-state index is 0.0639. The lowest BCUT2D eigenvalue weighted by molar-refractivity contribution is -0.0557. The summed E-state index contributed by atoms with van der Waals surface area (Å²) in [5.74, 6) is 0.242. The number of nitrogens with one attached hydrogen (secondary N) is 1. The van der Waals surface area contributed by atoms with E-state index in [9.17, 15) is 4.79 Å². The Morgan fingerprint density at radius 1 is 0.971 bits per heavy atom. The molecule has 0 amide bonds. The van der Waals surface area contributed by atoms with Crippen LogP contribution in [0.25, 0.3) is 0 Å². The van der Waals surface area contributed by atoms with Crippen molar-refractivity contribution in [2.75, 3.05) is 13.2 Å². The SMILES string of the molecule is O=Cc1c(Cl)c(Br)nn1CC(NC(c1ccccc1)(c1ccccc1)c1ccccc1)C1COC1. The monoisotopic (exact) mass is 549 g/mol. The molecule has 0 spiro atoms. The normalized spacial score (nSPS) is 14.9. The van der Waals surface area contributed by atoms with E-state index in [4.69, 9.17) is 16.3 Å². The lowest BCUT2D eigenvalue weighted by atomic mass is 9.75. The third-order valence-corrected chi connectivity index (χ3v) is 7.79. The number of benzene rings is 3. The van der Waals surface area contributed by atoms with E-state index in [1.165, 1.54) is 0 Å². The molecule has 178 valence electrons. The van der Waals surface area contributed by atoms with Gasteiger partial charge in [0, 0.05) is 12.0 Å². The zero-order valence-electron chi connectivity index (χ0n) is 19.0. The standard InChI is InChI=1S/C28H25BrClN3O2/c29-27-26(30)25(17-34)33(32-27)16-24(20-18-35-19-20)31-28(21-10-4-1-5-11-21,22-12-6-2-7-13-22)23-14-8-3-9-15-23/h1-15,17,20,24,31H,16,18-19H2. The van der Waals surface area contributed by atoms with Gasteiger partial charge in [0.2, 0.25) is 0 Å². The van der Waals surface area contributed by atoms with Gasteiger partial charge in [0.1, 0.15) is 15.3 Å². The number of ether oxygens (including phenoxy) is 1. The number of carbonyl (C=O) groups is 1. The average molecular weight is 551 g/mol. The Morgan fingerprint density at radius 2 is 1.46 bits per heavy atom. The van der Waals surface area contributed by atoms with E-state index in [1.54, 1.807) is 4.68 Å². The van der Waals surface area contributed by atoms with Crippen LogP contribution < -0.4 is 5.32 Å². The Morgan fingerprint density at radius 3 is 1.86 bits per heavy atom. The maximum atomic E-state index is 11.8. The molecule has 0 radical (unpaired) electrons. The lowest BCUT2D eigenvalue weighted by Crippen LogP contribution is -2.57. The zero-order chi connectivity index (χ0) is 24.3. The molecule has 1 fully saturated rings. The minimum Gasteiger partial charge on any atom is -0.381 e. The van der Waals surface area contributed by atoms with Crippen LogP contribution in [0.15, 0.2) is 95.6 Å². The third kappa shape index (κ3) is 4.59. The van der Waals surface area contributed by atoms with Crippen LogP contribution in [-0.2, 0) is 16.8 Å². The van der Waals surface area contributed by atoms with Crippen molar-refractivity contribution in [2.45, 2.75) is 18.1 Å². The van der Waals surface area contributed by atoms with Crippen LogP contribution >= 0.6 is 27.5 Å². The first-order valence-electron chi connectivity index (χ1n) is 11.5. The molecule has 4 aromatic rings. The molecule has 1 saturated heterocycles. The second kappa shape index (κ2) is 10.5. The van der Waals surface area contributed by atoms with Crippen molar-refractivity contribution < 1.29 is 9.53 Å². The fourth-order valence-corrected chi connectivity index (χ4v) is 5.33. The van der Waals surface area contributed by atoms with Crippen molar-refractivity contribution in [1.82, 2.24) is 15.1 Å². The number of aldehydes is 1. The second-order valence-electron chi connectivity index (χ2n) is 8.69. The highest BCUT2D eigenvalue weighted by Gasteiger charge is 2.41. The summed E-state index contributed by atoms with van der Waals surface area (Å²) in [4.78, 5) is 11.8. The van der Waals surface area contributed by atoms with Gasteiger partial charge >= 0.3 is 0 Å². The van der Waals surface area contributed by atoms with Crippen LogP contribution in [0.4, 0.5) is 0 Å². The first kappa shape index (κ1) is 23.9. The Balaban J connectivity index is 1.67. The summed E-state index contributed by atoms with van der Waals surface area (Å²) in [7, 11) is 0.